The summed E-state index contributed by atoms with van der Waals surface area (Å²) < 4.78 is 12.1. The quantitative estimate of drug-likeness (QED) is 0.511. The summed E-state index contributed by atoms with van der Waals surface area (Å²) in [6.45, 7) is 3.71. The predicted molar refractivity (Wildman–Crippen MR) is 114 cm³/mol. The molecule has 1 N–H and O–H groups in total. The van der Waals surface area contributed by atoms with Crippen LogP contribution in [0.3, 0.4) is 0 Å². The molecule has 4 rings (SSSR count). The van der Waals surface area contributed by atoms with Gasteiger partial charge in [-0.1, -0.05) is 23.4 Å². The lowest BCUT2D eigenvalue weighted by atomic mass is 10.1. The van der Waals surface area contributed by atoms with E-state index >= 15 is 0 Å². The number of rotatable bonds is 5. The molecule has 152 valence electrons. The molecule has 2 heterocycles. The smallest absolute Gasteiger partial charge is 0.316 e. The topological polar surface area (TPSA) is 103 Å². The number of ether oxygens (including phenoxy) is 1. The van der Waals surface area contributed by atoms with Gasteiger partial charge < -0.3 is 14.2 Å². The molecule has 0 saturated heterocycles. The van der Waals surface area contributed by atoms with E-state index in [9.17, 15) is 9.59 Å². The van der Waals surface area contributed by atoms with Crippen molar-refractivity contribution in [2.24, 2.45) is 0 Å². The summed E-state index contributed by atoms with van der Waals surface area (Å²) in [5, 5.41) is 4.02. The molecule has 0 aliphatic rings. The van der Waals surface area contributed by atoms with E-state index in [-0.39, 0.29) is 6.04 Å². The minimum atomic E-state index is -0.665. The van der Waals surface area contributed by atoms with Crippen LogP contribution in [-0.2, 0) is 0 Å². The van der Waals surface area contributed by atoms with E-state index < -0.39 is 11.1 Å². The summed E-state index contributed by atoms with van der Waals surface area (Å²) in [4.78, 5) is 31.2. The van der Waals surface area contributed by atoms with E-state index in [0.717, 1.165) is 11.3 Å². The molecule has 0 fully saturated rings. The van der Waals surface area contributed by atoms with Crippen molar-refractivity contribution in [2.45, 2.75) is 19.9 Å². The van der Waals surface area contributed by atoms with Crippen LogP contribution in [0, 0.1) is 0 Å². The fourth-order valence-electron chi connectivity index (χ4n) is 3.28. The van der Waals surface area contributed by atoms with Gasteiger partial charge in [-0.15, -0.1) is 0 Å². The summed E-state index contributed by atoms with van der Waals surface area (Å²) in [5.74, 6) is 1.44. The van der Waals surface area contributed by atoms with Gasteiger partial charge in [0.1, 0.15) is 5.75 Å². The lowest BCUT2D eigenvalue weighted by Crippen LogP contribution is -2.37. The molecule has 0 aliphatic carbocycles. The van der Waals surface area contributed by atoms with Crippen molar-refractivity contribution in [3.8, 4) is 17.1 Å². The van der Waals surface area contributed by atoms with Gasteiger partial charge in [-0.05, 0) is 44.2 Å². The first-order valence-corrected chi connectivity index (χ1v) is 9.41. The first-order valence-electron chi connectivity index (χ1n) is 9.41. The minimum Gasteiger partial charge on any atom is -0.496 e. The van der Waals surface area contributed by atoms with E-state index in [1.165, 1.54) is 4.57 Å². The number of para-hydroxylation sites is 1. The largest absolute Gasteiger partial charge is 0.496 e. The van der Waals surface area contributed by atoms with Crippen molar-refractivity contribution < 1.29 is 9.26 Å². The maximum Gasteiger partial charge on any atom is 0.316 e. The number of aromatic amines is 1. The standard InChI is InChI=1S/C22H20N4O4/c1-13(2)26-17-10-8-15(12-16(17)23-21(27)22(26)28)20-24-19(30-25-20)11-9-14-6-4-5-7-18(14)29-3/h4-13H,1-3H3,(H,23,27)/b11-9+. The molecule has 30 heavy (non-hydrogen) atoms. The number of aromatic nitrogens is 4. The Bertz CT molecular complexity index is 1360. The SMILES string of the molecule is COc1ccccc1/C=C/c1nc(-c2ccc3c(c2)[nH]c(=O)c(=O)n3C(C)C)no1. The van der Waals surface area contributed by atoms with E-state index in [4.69, 9.17) is 9.26 Å². The predicted octanol–water partition coefficient (Wildman–Crippen LogP) is 3.50. The molecular weight excluding hydrogens is 384 g/mol. The zero-order chi connectivity index (χ0) is 21.3. The average molecular weight is 404 g/mol. The molecule has 2 aromatic carbocycles. The highest BCUT2D eigenvalue weighted by Crippen LogP contribution is 2.23. The number of nitrogens with one attached hydrogen (secondary N) is 1. The van der Waals surface area contributed by atoms with E-state index in [1.807, 2.05) is 44.2 Å². The molecule has 0 atom stereocenters. The van der Waals surface area contributed by atoms with Crippen molar-refractivity contribution in [3.05, 3.63) is 74.6 Å². The maximum atomic E-state index is 12.2. The normalized spacial score (nSPS) is 11.6. The van der Waals surface area contributed by atoms with Gasteiger partial charge in [0.05, 0.1) is 18.1 Å². The number of H-pyrrole nitrogens is 1. The third kappa shape index (κ3) is 3.55. The Hall–Kier alpha value is -3.94. The summed E-state index contributed by atoms with van der Waals surface area (Å²) in [6, 6.07) is 12.7. The molecule has 2 aromatic heterocycles. The Labute approximate surface area is 171 Å². The second kappa shape index (κ2) is 7.82. The van der Waals surface area contributed by atoms with Gasteiger partial charge in [-0.3, -0.25) is 14.2 Å². The molecule has 0 radical (unpaired) electrons. The molecule has 0 unspecified atom stereocenters. The second-order valence-corrected chi connectivity index (χ2v) is 6.99. The van der Waals surface area contributed by atoms with Gasteiger partial charge in [0.25, 0.3) is 5.89 Å². The van der Waals surface area contributed by atoms with Crippen molar-refractivity contribution in [1.82, 2.24) is 19.7 Å². The van der Waals surface area contributed by atoms with Crippen molar-refractivity contribution in [3.63, 3.8) is 0 Å². The Morgan fingerprint density at radius 3 is 2.70 bits per heavy atom. The summed E-state index contributed by atoms with van der Waals surface area (Å²) in [5.41, 5.74) is 1.47. The molecule has 0 bridgehead atoms. The third-order valence-corrected chi connectivity index (χ3v) is 4.68. The molecule has 0 spiro atoms. The maximum absolute atomic E-state index is 12.2. The van der Waals surface area contributed by atoms with Gasteiger partial charge in [0.15, 0.2) is 0 Å². The zero-order valence-corrected chi connectivity index (χ0v) is 16.7. The van der Waals surface area contributed by atoms with Crippen molar-refractivity contribution in [2.75, 3.05) is 7.11 Å². The van der Waals surface area contributed by atoms with Crippen LogP contribution in [0.1, 0.15) is 31.3 Å². The number of benzene rings is 2. The Balaban J connectivity index is 1.70. The number of nitrogens with zero attached hydrogens (tertiary/aromatic N) is 3. The second-order valence-electron chi connectivity index (χ2n) is 6.99. The molecular formula is C22H20N4O4. The molecule has 8 nitrogen and oxygen atoms in total. The third-order valence-electron chi connectivity index (χ3n) is 4.68. The molecule has 0 amide bonds. The fraction of sp³-hybridized carbons (Fsp3) is 0.182. The van der Waals surface area contributed by atoms with Gasteiger partial charge in [0, 0.05) is 23.2 Å². The fourth-order valence-corrected chi connectivity index (χ4v) is 3.28. The van der Waals surface area contributed by atoms with Gasteiger partial charge in [-0.2, -0.15) is 4.98 Å². The van der Waals surface area contributed by atoms with E-state index in [0.29, 0.717) is 28.3 Å². The number of fused-ring (bicyclic) bond motifs is 1. The highest BCUT2D eigenvalue weighted by atomic mass is 16.5. The van der Waals surface area contributed by atoms with Crippen LogP contribution in [0.4, 0.5) is 0 Å². The highest BCUT2D eigenvalue weighted by molar-refractivity contribution is 5.80. The Morgan fingerprint density at radius 2 is 1.93 bits per heavy atom. The number of hydrogen-bond donors (Lipinski definition) is 1. The lowest BCUT2D eigenvalue weighted by Gasteiger charge is -2.13. The molecule has 8 heteroatoms. The van der Waals surface area contributed by atoms with E-state index in [2.05, 4.69) is 15.1 Å². The minimum absolute atomic E-state index is 0.148. The summed E-state index contributed by atoms with van der Waals surface area (Å²) in [7, 11) is 1.61. The molecule has 0 saturated carbocycles. The highest BCUT2D eigenvalue weighted by Gasteiger charge is 2.13. The Morgan fingerprint density at radius 1 is 1.13 bits per heavy atom. The first kappa shape index (κ1) is 19.4. The average Bonchev–Trinajstić information content (AvgIpc) is 3.22. The summed E-state index contributed by atoms with van der Waals surface area (Å²) in [6.07, 6.45) is 3.53. The molecule has 0 aliphatic heterocycles. The van der Waals surface area contributed by atoms with Crippen LogP contribution < -0.4 is 15.9 Å². The monoisotopic (exact) mass is 404 g/mol. The van der Waals surface area contributed by atoms with Crippen LogP contribution in [0.15, 0.2) is 56.6 Å². The molecule has 4 aromatic rings. The zero-order valence-electron chi connectivity index (χ0n) is 16.7. The van der Waals surface area contributed by atoms with Crippen LogP contribution in [0.2, 0.25) is 0 Å². The summed E-state index contributed by atoms with van der Waals surface area (Å²) >= 11 is 0. The van der Waals surface area contributed by atoms with Crippen LogP contribution in [-0.4, -0.2) is 26.8 Å². The Kier molecular flexibility index (Phi) is 5.05. The number of hydrogen-bond acceptors (Lipinski definition) is 6. The van der Waals surface area contributed by atoms with Crippen LogP contribution in [0.25, 0.3) is 34.6 Å². The van der Waals surface area contributed by atoms with Crippen LogP contribution in [0.5, 0.6) is 5.75 Å². The van der Waals surface area contributed by atoms with Gasteiger partial charge >= 0.3 is 11.1 Å². The number of methoxy groups -OCH3 is 1. The first-order chi connectivity index (χ1) is 14.5. The van der Waals surface area contributed by atoms with Crippen molar-refractivity contribution >= 4 is 23.2 Å². The lowest BCUT2D eigenvalue weighted by molar-refractivity contribution is 0.411. The van der Waals surface area contributed by atoms with E-state index in [1.54, 1.807) is 31.4 Å². The van der Waals surface area contributed by atoms with Gasteiger partial charge in [-0.25, -0.2) is 0 Å². The van der Waals surface area contributed by atoms with Crippen molar-refractivity contribution in [1.29, 1.82) is 0 Å². The van der Waals surface area contributed by atoms with Gasteiger partial charge in [0.2, 0.25) is 5.82 Å². The van der Waals surface area contributed by atoms with Crippen LogP contribution >= 0.6 is 0 Å².